The van der Waals surface area contributed by atoms with Crippen LogP contribution in [0.4, 0.5) is 0 Å². The Morgan fingerprint density at radius 1 is 1.17 bits per heavy atom. The van der Waals surface area contributed by atoms with Crippen molar-refractivity contribution in [1.82, 2.24) is 9.80 Å². The smallest absolute Gasteiger partial charge is 0.317 e. The Kier molecular flexibility index (Phi) is 4.22. The molecule has 2 rings (SSSR count). The molecule has 1 saturated carbocycles. The lowest BCUT2D eigenvalue weighted by Gasteiger charge is -2.32. The van der Waals surface area contributed by atoms with Crippen LogP contribution in [-0.2, 0) is 9.59 Å². The SMILES string of the molecule is CC1CCN(C(=O)CN(CC(=O)O)C2CC2)CC1. The summed E-state index contributed by atoms with van der Waals surface area (Å²) in [5.74, 6) is -0.0513. The topological polar surface area (TPSA) is 60.9 Å². The maximum absolute atomic E-state index is 12.1. The first-order valence-electron chi connectivity index (χ1n) is 6.80. The standard InChI is InChI=1S/C13H22N2O3/c1-10-4-6-14(7-5-10)12(16)8-15(9-13(17)18)11-2-3-11/h10-11H,2-9H2,1H3,(H,17,18). The number of aliphatic carboxylic acids is 1. The molecule has 0 unspecified atom stereocenters. The summed E-state index contributed by atoms with van der Waals surface area (Å²) < 4.78 is 0. The lowest BCUT2D eigenvalue weighted by Crippen LogP contribution is -2.45. The van der Waals surface area contributed by atoms with Crippen molar-refractivity contribution in [2.45, 2.75) is 38.6 Å². The first-order chi connectivity index (χ1) is 8.56. The molecule has 0 aromatic carbocycles. The minimum atomic E-state index is -0.845. The van der Waals surface area contributed by atoms with E-state index in [-0.39, 0.29) is 19.0 Å². The number of carboxylic acids is 1. The monoisotopic (exact) mass is 254 g/mol. The van der Waals surface area contributed by atoms with Crippen molar-refractivity contribution < 1.29 is 14.7 Å². The summed E-state index contributed by atoms with van der Waals surface area (Å²) in [5.41, 5.74) is 0. The third-order valence-electron chi connectivity index (χ3n) is 3.88. The van der Waals surface area contributed by atoms with Crippen molar-refractivity contribution in [1.29, 1.82) is 0 Å². The lowest BCUT2D eigenvalue weighted by molar-refractivity contribution is -0.140. The number of piperidine rings is 1. The lowest BCUT2D eigenvalue weighted by atomic mass is 9.99. The Balaban J connectivity index is 1.82. The summed E-state index contributed by atoms with van der Waals surface area (Å²) in [5, 5.41) is 8.85. The van der Waals surface area contributed by atoms with Crippen molar-refractivity contribution in [3.63, 3.8) is 0 Å². The van der Waals surface area contributed by atoms with Gasteiger partial charge in [0.05, 0.1) is 13.1 Å². The van der Waals surface area contributed by atoms with Crippen molar-refractivity contribution in [3.8, 4) is 0 Å². The van der Waals surface area contributed by atoms with Crippen molar-refractivity contribution >= 4 is 11.9 Å². The highest BCUT2D eigenvalue weighted by Crippen LogP contribution is 2.26. The second-order valence-corrected chi connectivity index (χ2v) is 5.59. The van der Waals surface area contributed by atoms with Gasteiger partial charge in [0.25, 0.3) is 0 Å². The van der Waals surface area contributed by atoms with Gasteiger partial charge >= 0.3 is 5.97 Å². The Morgan fingerprint density at radius 3 is 2.28 bits per heavy atom. The van der Waals surface area contributed by atoms with Gasteiger partial charge in [-0.15, -0.1) is 0 Å². The normalized spacial score (nSPS) is 21.3. The zero-order chi connectivity index (χ0) is 13.1. The van der Waals surface area contributed by atoms with Crippen LogP contribution < -0.4 is 0 Å². The fourth-order valence-electron chi connectivity index (χ4n) is 2.46. The van der Waals surface area contributed by atoms with E-state index in [9.17, 15) is 9.59 Å². The summed E-state index contributed by atoms with van der Waals surface area (Å²) in [6.07, 6.45) is 4.18. The predicted molar refractivity (Wildman–Crippen MR) is 67.2 cm³/mol. The molecule has 1 aliphatic heterocycles. The van der Waals surface area contributed by atoms with E-state index in [1.54, 1.807) is 0 Å². The van der Waals surface area contributed by atoms with Gasteiger partial charge in [-0.2, -0.15) is 0 Å². The van der Waals surface area contributed by atoms with E-state index in [2.05, 4.69) is 6.92 Å². The van der Waals surface area contributed by atoms with E-state index < -0.39 is 5.97 Å². The number of nitrogens with zero attached hydrogens (tertiary/aromatic N) is 2. The van der Waals surface area contributed by atoms with E-state index in [0.717, 1.165) is 38.8 Å². The van der Waals surface area contributed by atoms with Gasteiger partial charge in [0.1, 0.15) is 0 Å². The third-order valence-corrected chi connectivity index (χ3v) is 3.88. The van der Waals surface area contributed by atoms with Crippen molar-refractivity contribution in [2.24, 2.45) is 5.92 Å². The number of carboxylic acid groups (broad SMARTS) is 1. The molecule has 5 nitrogen and oxygen atoms in total. The minimum Gasteiger partial charge on any atom is -0.480 e. The third kappa shape index (κ3) is 3.70. The summed E-state index contributed by atoms with van der Waals surface area (Å²) in [7, 11) is 0. The Morgan fingerprint density at radius 2 is 1.78 bits per heavy atom. The maximum Gasteiger partial charge on any atom is 0.317 e. The summed E-state index contributed by atoms with van der Waals surface area (Å²) >= 11 is 0. The number of carbonyl (C=O) groups excluding carboxylic acids is 1. The number of rotatable bonds is 5. The molecule has 0 radical (unpaired) electrons. The molecule has 0 atom stereocenters. The fraction of sp³-hybridized carbons (Fsp3) is 0.846. The van der Waals surface area contributed by atoms with Crippen LogP contribution in [0.2, 0.25) is 0 Å². The van der Waals surface area contributed by atoms with Gasteiger partial charge in [-0.3, -0.25) is 14.5 Å². The van der Waals surface area contributed by atoms with Gasteiger partial charge in [-0.25, -0.2) is 0 Å². The second kappa shape index (κ2) is 5.69. The highest BCUT2D eigenvalue weighted by Gasteiger charge is 2.33. The van der Waals surface area contributed by atoms with Crippen LogP contribution in [0.15, 0.2) is 0 Å². The van der Waals surface area contributed by atoms with Crippen LogP contribution >= 0.6 is 0 Å². The van der Waals surface area contributed by atoms with Crippen molar-refractivity contribution in [2.75, 3.05) is 26.2 Å². The molecule has 0 aromatic heterocycles. The highest BCUT2D eigenvalue weighted by atomic mass is 16.4. The molecule has 2 fully saturated rings. The quantitative estimate of drug-likeness (QED) is 0.788. The molecule has 1 N–H and O–H groups in total. The first kappa shape index (κ1) is 13.3. The molecule has 18 heavy (non-hydrogen) atoms. The molecule has 5 heteroatoms. The molecule has 0 aromatic rings. The molecule has 0 bridgehead atoms. The van der Waals surface area contributed by atoms with E-state index in [4.69, 9.17) is 5.11 Å². The largest absolute Gasteiger partial charge is 0.480 e. The molecule has 1 saturated heterocycles. The van der Waals surface area contributed by atoms with Crippen LogP contribution in [0.3, 0.4) is 0 Å². The van der Waals surface area contributed by atoms with Gasteiger partial charge in [0.15, 0.2) is 0 Å². The van der Waals surface area contributed by atoms with E-state index in [0.29, 0.717) is 12.0 Å². The number of amides is 1. The van der Waals surface area contributed by atoms with Crippen molar-refractivity contribution in [3.05, 3.63) is 0 Å². The van der Waals surface area contributed by atoms with Crippen LogP contribution in [0.25, 0.3) is 0 Å². The highest BCUT2D eigenvalue weighted by molar-refractivity contribution is 5.79. The van der Waals surface area contributed by atoms with Gasteiger partial charge < -0.3 is 10.0 Å². The summed E-state index contributed by atoms with van der Waals surface area (Å²) in [4.78, 5) is 26.6. The van der Waals surface area contributed by atoms with E-state index in [1.807, 2.05) is 9.80 Å². The molecule has 1 amide bonds. The molecule has 2 aliphatic rings. The van der Waals surface area contributed by atoms with Gasteiger partial charge in [-0.1, -0.05) is 6.92 Å². The summed E-state index contributed by atoms with van der Waals surface area (Å²) in [6.45, 7) is 4.12. The van der Waals surface area contributed by atoms with Gasteiger partial charge in [-0.05, 0) is 31.6 Å². The summed E-state index contributed by atoms with van der Waals surface area (Å²) in [6, 6.07) is 0.314. The predicted octanol–water partition coefficient (Wildman–Crippen LogP) is 0.794. The number of likely N-dealkylation sites (tertiary alicyclic amines) is 1. The maximum atomic E-state index is 12.1. The zero-order valence-corrected chi connectivity index (χ0v) is 11.0. The number of hydrogen-bond acceptors (Lipinski definition) is 3. The molecular formula is C13H22N2O3. The number of carbonyl (C=O) groups is 2. The molecule has 1 aliphatic carbocycles. The van der Waals surface area contributed by atoms with Gasteiger partial charge in [0, 0.05) is 19.1 Å². The Hall–Kier alpha value is -1.10. The molecule has 1 heterocycles. The van der Waals surface area contributed by atoms with E-state index >= 15 is 0 Å². The van der Waals surface area contributed by atoms with Gasteiger partial charge in [0.2, 0.25) is 5.91 Å². The van der Waals surface area contributed by atoms with Crippen LogP contribution in [0.5, 0.6) is 0 Å². The molecular weight excluding hydrogens is 232 g/mol. The average molecular weight is 254 g/mol. The zero-order valence-electron chi connectivity index (χ0n) is 11.0. The Bertz CT molecular complexity index is 320. The fourth-order valence-corrected chi connectivity index (χ4v) is 2.46. The number of hydrogen-bond donors (Lipinski definition) is 1. The molecule has 102 valence electrons. The Labute approximate surface area is 108 Å². The van der Waals surface area contributed by atoms with Crippen LogP contribution in [0, 0.1) is 5.92 Å². The molecule has 0 spiro atoms. The van der Waals surface area contributed by atoms with E-state index in [1.165, 1.54) is 0 Å². The minimum absolute atomic E-state index is 0.0132. The van der Waals surface area contributed by atoms with Crippen LogP contribution in [-0.4, -0.2) is 59.0 Å². The first-order valence-corrected chi connectivity index (χ1v) is 6.80. The van der Waals surface area contributed by atoms with Crippen LogP contribution in [0.1, 0.15) is 32.6 Å². The second-order valence-electron chi connectivity index (χ2n) is 5.59. The average Bonchev–Trinajstić information content (AvgIpc) is 3.12.